The van der Waals surface area contributed by atoms with Crippen molar-refractivity contribution < 1.29 is 4.74 Å². The molecule has 2 N–H and O–H groups in total. The minimum Gasteiger partial charge on any atom is -0.477 e. The van der Waals surface area contributed by atoms with Crippen molar-refractivity contribution in [3.63, 3.8) is 0 Å². The standard InChI is InChI=1S/C14H19N3O/c15-8-11-4-1-2-5-12(11)10-18-14-7-3-6-13(9-16)17-14/h3,6-7,11-12H,1-2,4-5,8,10,15H2. The molecule has 0 bridgehead atoms. The number of nitrogens with zero attached hydrogens (tertiary/aromatic N) is 2. The van der Waals surface area contributed by atoms with Crippen molar-refractivity contribution >= 4 is 0 Å². The molecule has 1 heterocycles. The van der Waals surface area contributed by atoms with Crippen LogP contribution in [0, 0.1) is 23.2 Å². The second-order valence-electron chi connectivity index (χ2n) is 4.82. The first kappa shape index (κ1) is 12.8. The van der Waals surface area contributed by atoms with Gasteiger partial charge >= 0.3 is 0 Å². The minimum absolute atomic E-state index is 0.395. The van der Waals surface area contributed by atoms with Gasteiger partial charge in [0, 0.05) is 6.07 Å². The van der Waals surface area contributed by atoms with Gasteiger partial charge in [-0.25, -0.2) is 4.98 Å². The highest BCUT2D eigenvalue weighted by Gasteiger charge is 2.24. The van der Waals surface area contributed by atoms with Crippen LogP contribution in [0.15, 0.2) is 18.2 Å². The number of rotatable bonds is 4. The van der Waals surface area contributed by atoms with Crippen LogP contribution in [-0.4, -0.2) is 18.1 Å². The lowest BCUT2D eigenvalue weighted by Crippen LogP contribution is -2.30. The van der Waals surface area contributed by atoms with Gasteiger partial charge in [-0.2, -0.15) is 5.26 Å². The molecule has 0 radical (unpaired) electrons. The molecule has 1 fully saturated rings. The minimum atomic E-state index is 0.395. The Morgan fingerprint density at radius 3 is 2.83 bits per heavy atom. The van der Waals surface area contributed by atoms with Gasteiger partial charge in [0.25, 0.3) is 0 Å². The van der Waals surface area contributed by atoms with Gasteiger partial charge in [-0.1, -0.05) is 18.9 Å². The Labute approximate surface area is 108 Å². The fourth-order valence-corrected chi connectivity index (χ4v) is 2.56. The number of ether oxygens (including phenoxy) is 1. The third kappa shape index (κ3) is 3.21. The van der Waals surface area contributed by atoms with E-state index in [1.54, 1.807) is 18.2 Å². The molecule has 0 aliphatic heterocycles. The Kier molecular flexibility index (Phi) is 4.54. The average Bonchev–Trinajstić information content (AvgIpc) is 2.45. The quantitative estimate of drug-likeness (QED) is 0.881. The van der Waals surface area contributed by atoms with Crippen LogP contribution in [0.5, 0.6) is 5.88 Å². The largest absolute Gasteiger partial charge is 0.477 e. The molecule has 18 heavy (non-hydrogen) atoms. The second kappa shape index (κ2) is 6.36. The molecule has 0 spiro atoms. The van der Waals surface area contributed by atoms with E-state index < -0.39 is 0 Å². The molecule has 2 atom stereocenters. The van der Waals surface area contributed by atoms with E-state index in [1.165, 1.54) is 25.7 Å². The molecule has 2 rings (SSSR count). The highest BCUT2D eigenvalue weighted by atomic mass is 16.5. The summed E-state index contributed by atoms with van der Waals surface area (Å²) in [6.07, 6.45) is 4.92. The average molecular weight is 245 g/mol. The van der Waals surface area contributed by atoms with Crippen LogP contribution in [0.4, 0.5) is 0 Å². The smallest absolute Gasteiger partial charge is 0.214 e. The summed E-state index contributed by atoms with van der Waals surface area (Å²) in [6.45, 7) is 1.39. The van der Waals surface area contributed by atoms with Crippen molar-refractivity contribution in [1.29, 1.82) is 5.26 Å². The summed E-state index contributed by atoms with van der Waals surface area (Å²) in [5.74, 6) is 1.63. The fourth-order valence-electron chi connectivity index (χ4n) is 2.56. The van der Waals surface area contributed by atoms with Gasteiger partial charge in [0.05, 0.1) is 6.61 Å². The van der Waals surface area contributed by atoms with Crippen LogP contribution in [0.2, 0.25) is 0 Å². The van der Waals surface area contributed by atoms with Gasteiger partial charge in [-0.05, 0) is 37.3 Å². The maximum absolute atomic E-state index is 8.77. The summed E-state index contributed by atoms with van der Waals surface area (Å²) < 4.78 is 5.70. The van der Waals surface area contributed by atoms with E-state index in [9.17, 15) is 0 Å². The maximum atomic E-state index is 8.77. The van der Waals surface area contributed by atoms with Crippen molar-refractivity contribution in [1.82, 2.24) is 4.98 Å². The SMILES string of the molecule is N#Cc1cccc(OCC2CCCCC2CN)n1. The molecule has 1 aromatic rings. The number of pyridine rings is 1. The van der Waals surface area contributed by atoms with E-state index >= 15 is 0 Å². The Bertz CT molecular complexity index is 427. The van der Waals surface area contributed by atoms with E-state index in [1.807, 2.05) is 6.07 Å². The van der Waals surface area contributed by atoms with E-state index in [0.29, 0.717) is 30.0 Å². The normalized spacial score (nSPS) is 23.3. The predicted molar refractivity (Wildman–Crippen MR) is 68.9 cm³/mol. The molecule has 4 heteroatoms. The third-order valence-electron chi connectivity index (χ3n) is 3.65. The first-order valence-electron chi connectivity index (χ1n) is 6.53. The zero-order valence-electron chi connectivity index (χ0n) is 10.5. The van der Waals surface area contributed by atoms with Crippen molar-refractivity contribution in [2.24, 2.45) is 17.6 Å². The number of hydrogen-bond donors (Lipinski definition) is 1. The van der Waals surface area contributed by atoms with Gasteiger partial charge in [0.2, 0.25) is 5.88 Å². The van der Waals surface area contributed by atoms with Crippen molar-refractivity contribution in [2.45, 2.75) is 25.7 Å². The van der Waals surface area contributed by atoms with E-state index in [0.717, 1.165) is 6.54 Å². The van der Waals surface area contributed by atoms with Gasteiger partial charge in [0.15, 0.2) is 0 Å². The zero-order valence-corrected chi connectivity index (χ0v) is 10.5. The predicted octanol–water partition coefficient (Wildman–Crippen LogP) is 2.10. The lowest BCUT2D eigenvalue weighted by Gasteiger charge is -2.30. The molecule has 0 amide bonds. The van der Waals surface area contributed by atoms with Crippen LogP contribution in [0.1, 0.15) is 31.4 Å². The van der Waals surface area contributed by atoms with E-state index in [4.69, 9.17) is 15.7 Å². The lowest BCUT2D eigenvalue weighted by atomic mass is 9.80. The Hall–Kier alpha value is -1.60. The summed E-state index contributed by atoms with van der Waals surface area (Å²) >= 11 is 0. The molecular formula is C14H19N3O. The number of aromatic nitrogens is 1. The molecule has 0 aromatic carbocycles. The second-order valence-corrected chi connectivity index (χ2v) is 4.82. The lowest BCUT2D eigenvalue weighted by molar-refractivity contribution is 0.149. The van der Waals surface area contributed by atoms with E-state index in [-0.39, 0.29) is 0 Å². The number of nitrogens with two attached hydrogens (primary N) is 1. The number of hydrogen-bond acceptors (Lipinski definition) is 4. The summed E-state index contributed by atoms with van der Waals surface area (Å²) in [7, 11) is 0. The molecule has 1 saturated carbocycles. The Morgan fingerprint density at radius 2 is 2.11 bits per heavy atom. The molecule has 4 nitrogen and oxygen atoms in total. The molecule has 1 aliphatic carbocycles. The molecule has 1 aromatic heterocycles. The Morgan fingerprint density at radius 1 is 1.33 bits per heavy atom. The Balaban J connectivity index is 1.91. The molecule has 0 saturated heterocycles. The topological polar surface area (TPSA) is 71.9 Å². The van der Waals surface area contributed by atoms with Crippen LogP contribution in [0.3, 0.4) is 0 Å². The highest BCUT2D eigenvalue weighted by Crippen LogP contribution is 2.29. The first-order chi connectivity index (χ1) is 8.83. The van der Waals surface area contributed by atoms with Crippen LogP contribution in [-0.2, 0) is 0 Å². The molecule has 1 aliphatic rings. The summed E-state index contributed by atoms with van der Waals surface area (Å²) in [6, 6.07) is 7.28. The van der Waals surface area contributed by atoms with Crippen molar-refractivity contribution in [3.8, 4) is 11.9 Å². The van der Waals surface area contributed by atoms with Crippen LogP contribution in [0.25, 0.3) is 0 Å². The first-order valence-corrected chi connectivity index (χ1v) is 6.53. The zero-order chi connectivity index (χ0) is 12.8. The third-order valence-corrected chi connectivity index (χ3v) is 3.65. The molecule has 2 unspecified atom stereocenters. The van der Waals surface area contributed by atoms with Crippen molar-refractivity contribution in [3.05, 3.63) is 23.9 Å². The summed E-state index contributed by atoms with van der Waals surface area (Å²) in [4.78, 5) is 4.11. The van der Waals surface area contributed by atoms with Crippen LogP contribution < -0.4 is 10.5 Å². The van der Waals surface area contributed by atoms with Gasteiger partial charge in [-0.15, -0.1) is 0 Å². The van der Waals surface area contributed by atoms with Gasteiger partial charge < -0.3 is 10.5 Å². The van der Waals surface area contributed by atoms with Crippen LogP contribution >= 0.6 is 0 Å². The highest BCUT2D eigenvalue weighted by molar-refractivity contribution is 5.24. The summed E-state index contributed by atoms with van der Waals surface area (Å²) in [5, 5.41) is 8.77. The fraction of sp³-hybridized carbons (Fsp3) is 0.571. The summed E-state index contributed by atoms with van der Waals surface area (Å²) in [5.41, 5.74) is 6.19. The molecular weight excluding hydrogens is 226 g/mol. The monoisotopic (exact) mass is 245 g/mol. The van der Waals surface area contributed by atoms with Crippen molar-refractivity contribution in [2.75, 3.05) is 13.2 Å². The van der Waals surface area contributed by atoms with E-state index in [2.05, 4.69) is 4.98 Å². The molecule has 96 valence electrons. The maximum Gasteiger partial charge on any atom is 0.214 e. The number of nitriles is 1. The van der Waals surface area contributed by atoms with Gasteiger partial charge in [0.1, 0.15) is 11.8 Å². The van der Waals surface area contributed by atoms with Gasteiger partial charge in [-0.3, -0.25) is 0 Å².